The molecule has 0 atom stereocenters. The molecule has 0 fully saturated rings. The van der Waals surface area contributed by atoms with E-state index in [1.165, 1.54) is 12.1 Å². The number of carbonyl (C=O) groups excluding carboxylic acids is 1. The number of methoxy groups -OCH3 is 2. The van der Waals surface area contributed by atoms with Crippen molar-refractivity contribution < 1.29 is 23.4 Å². The van der Waals surface area contributed by atoms with E-state index in [2.05, 4.69) is 5.32 Å². The quantitative estimate of drug-likeness (QED) is 0.709. The number of hydrogen-bond donors (Lipinski definition) is 1. The molecule has 0 saturated heterocycles. The predicted molar refractivity (Wildman–Crippen MR) is 92.8 cm³/mol. The molecule has 0 radical (unpaired) electrons. The second kappa shape index (κ2) is 9.52. The van der Waals surface area contributed by atoms with Crippen molar-refractivity contribution in [3.05, 3.63) is 53.8 Å². The monoisotopic (exact) mass is 347 g/mol. The predicted octanol–water partition coefficient (Wildman–Crippen LogP) is 2.97. The van der Waals surface area contributed by atoms with E-state index in [1.54, 1.807) is 32.4 Å². The number of hydrogen-bond acceptors (Lipinski definition) is 4. The van der Waals surface area contributed by atoms with Crippen LogP contribution in [-0.2, 0) is 11.2 Å². The van der Waals surface area contributed by atoms with Gasteiger partial charge in [-0.1, -0.05) is 0 Å². The molecule has 5 nitrogen and oxygen atoms in total. The first-order valence-corrected chi connectivity index (χ1v) is 7.97. The number of carbonyl (C=O) groups is 1. The van der Waals surface area contributed by atoms with E-state index < -0.39 is 0 Å². The molecule has 2 rings (SSSR count). The third-order valence-electron chi connectivity index (χ3n) is 3.56. The summed E-state index contributed by atoms with van der Waals surface area (Å²) in [7, 11) is 3.18. The van der Waals surface area contributed by atoms with Gasteiger partial charge in [0.1, 0.15) is 29.7 Å². The Bertz CT molecular complexity index is 666. The third kappa shape index (κ3) is 6.33. The Hall–Kier alpha value is -2.76. The second-order valence-corrected chi connectivity index (χ2v) is 5.37. The molecule has 0 heterocycles. The van der Waals surface area contributed by atoms with Crippen LogP contribution in [0.2, 0.25) is 0 Å². The zero-order chi connectivity index (χ0) is 18.1. The standard InChI is InChI=1S/C19H22FNO4/c1-23-17-11-14(12-18(13-17)24-2)3-8-19(22)21-9-10-25-16-6-4-15(20)5-7-16/h4-7,11-13H,3,8-10H2,1-2H3,(H,21,22). The summed E-state index contributed by atoms with van der Waals surface area (Å²) in [6.45, 7) is 0.710. The van der Waals surface area contributed by atoms with E-state index in [4.69, 9.17) is 14.2 Å². The molecular formula is C19H22FNO4. The van der Waals surface area contributed by atoms with E-state index in [-0.39, 0.29) is 11.7 Å². The molecule has 0 aliphatic rings. The van der Waals surface area contributed by atoms with Crippen LogP contribution < -0.4 is 19.5 Å². The van der Waals surface area contributed by atoms with E-state index >= 15 is 0 Å². The van der Waals surface area contributed by atoms with E-state index in [0.717, 1.165) is 5.56 Å². The zero-order valence-corrected chi connectivity index (χ0v) is 14.4. The van der Waals surface area contributed by atoms with Crippen molar-refractivity contribution in [2.24, 2.45) is 0 Å². The average molecular weight is 347 g/mol. The Labute approximate surface area is 146 Å². The lowest BCUT2D eigenvalue weighted by atomic mass is 10.1. The Kier molecular flexibility index (Phi) is 7.07. The van der Waals surface area contributed by atoms with Crippen molar-refractivity contribution in [1.29, 1.82) is 0 Å². The van der Waals surface area contributed by atoms with Crippen LogP contribution in [-0.4, -0.2) is 33.3 Å². The number of benzene rings is 2. The molecule has 0 saturated carbocycles. The molecule has 6 heteroatoms. The number of nitrogens with one attached hydrogen (secondary N) is 1. The molecule has 0 aromatic heterocycles. The summed E-state index contributed by atoms with van der Waals surface area (Å²) < 4.78 is 28.6. The lowest BCUT2D eigenvalue weighted by molar-refractivity contribution is -0.121. The fourth-order valence-corrected chi connectivity index (χ4v) is 2.25. The van der Waals surface area contributed by atoms with Crippen molar-refractivity contribution in [2.45, 2.75) is 12.8 Å². The fraction of sp³-hybridized carbons (Fsp3) is 0.316. The van der Waals surface area contributed by atoms with Crippen LogP contribution in [0.1, 0.15) is 12.0 Å². The van der Waals surface area contributed by atoms with E-state index in [9.17, 15) is 9.18 Å². The molecule has 0 aliphatic carbocycles. The zero-order valence-electron chi connectivity index (χ0n) is 14.4. The highest BCUT2D eigenvalue weighted by molar-refractivity contribution is 5.76. The molecule has 0 unspecified atom stereocenters. The molecule has 0 bridgehead atoms. The first kappa shape index (κ1) is 18.6. The van der Waals surface area contributed by atoms with Crippen LogP contribution in [0.15, 0.2) is 42.5 Å². The van der Waals surface area contributed by atoms with Gasteiger partial charge >= 0.3 is 0 Å². The fourth-order valence-electron chi connectivity index (χ4n) is 2.25. The summed E-state index contributed by atoms with van der Waals surface area (Å²) in [6, 6.07) is 11.3. The van der Waals surface area contributed by atoms with Crippen molar-refractivity contribution in [3.8, 4) is 17.2 Å². The topological polar surface area (TPSA) is 56.8 Å². The number of halogens is 1. The summed E-state index contributed by atoms with van der Waals surface area (Å²) in [5.41, 5.74) is 0.967. The van der Waals surface area contributed by atoms with Gasteiger partial charge in [-0.05, 0) is 48.4 Å². The molecule has 0 spiro atoms. The maximum absolute atomic E-state index is 12.8. The van der Waals surface area contributed by atoms with Crippen molar-refractivity contribution >= 4 is 5.91 Å². The van der Waals surface area contributed by atoms with Gasteiger partial charge in [0.2, 0.25) is 5.91 Å². The maximum atomic E-state index is 12.8. The minimum Gasteiger partial charge on any atom is -0.497 e. The van der Waals surface area contributed by atoms with Gasteiger partial charge in [-0.3, -0.25) is 4.79 Å². The molecule has 134 valence electrons. The molecule has 0 aliphatic heterocycles. The maximum Gasteiger partial charge on any atom is 0.220 e. The second-order valence-electron chi connectivity index (χ2n) is 5.37. The summed E-state index contributed by atoms with van der Waals surface area (Å²) in [6.07, 6.45) is 0.936. The van der Waals surface area contributed by atoms with Crippen LogP contribution in [0.3, 0.4) is 0 Å². The highest BCUT2D eigenvalue weighted by Gasteiger charge is 2.06. The SMILES string of the molecule is COc1cc(CCC(=O)NCCOc2ccc(F)cc2)cc(OC)c1. The van der Waals surface area contributed by atoms with Gasteiger partial charge in [0, 0.05) is 12.5 Å². The minimum absolute atomic E-state index is 0.0653. The highest BCUT2D eigenvalue weighted by atomic mass is 19.1. The highest BCUT2D eigenvalue weighted by Crippen LogP contribution is 2.23. The number of aryl methyl sites for hydroxylation is 1. The Morgan fingerprint density at radius 2 is 1.64 bits per heavy atom. The Morgan fingerprint density at radius 1 is 1.00 bits per heavy atom. The summed E-state index contributed by atoms with van der Waals surface area (Å²) in [5.74, 6) is 1.59. The number of ether oxygens (including phenoxy) is 3. The normalized spacial score (nSPS) is 10.2. The van der Waals surface area contributed by atoms with Crippen LogP contribution >= 0.6 is 0 Å². The van der Waals surface area contributed by atoms with Gasteiger partial charge < -0.3 is 19.5 Å². The van der Waals surface area contributed by atoms with E-state index in [0.29, 0.717) is 43.2 Å². The first-order chi connectivity index (χ1) is 12.1. The van der Waals surface area contributed by atoms with Crippen LogP contribution in [0, 0.1) is 5.82 Å². The largest absolute Gasteiger partial charge is 0.497 e. The lowest BCUT2D eigenvalue weighted by Crippen LogP contribution is -2.28. The van der Waals surface area contributed by atoms with Gasteiger partial charge in [0.15, 0.2) is 0 Å². The number of rotatable bonds is 9. The van der Waals surface area contributed by atoms with Gasteiger partial charge in [-0.15, -0.1) is 0 Å². The lowest BCUT2D eigenvalue weighted by Gasteiger charge is -2.09. The van der Waals surface area contributed by atoms with Crippen LogP contribution in [0.25, 0.3) is 0 Å². The van der Waals surface area contributed by atoms with Gasteiger partial charge in [0.25, 0.3) is 0 Å². The molecule has 1 N–H and O–H groups in total. The van der Waals surface area contributed by atoms with Gasteiger partial charge in [-0.25, -0.2) is 4.39 Å². The molecule has 25 heavy (non-hydrogen) atoms. The van der Waals surface area contributed by atoms with Crippen LogP contribution in [0.5, 0.6) is 17.2 Å². The number of amides is 1. The van der Waals surface area contributed by atoms with Crippen LogP contribution in [0.4, 0.5) is 4.39 Å². The Morgan fingerprint density at radius 3 is 2.24 bits per heavy atom. The first-order valence-electron chi connectivity index (χ1n) is 7.97. The molecule has 2 aromatic carbocycles. The molecular weight excluding hydrogens is 325 g/mol. The average Bonchev–Trinajstić information content (AvgIpc) is 2.64. The Balaban J connectivity index is 1.71. The third-order valence-corrected chi connectivity index (χ3v) is 3.56. The van der Waals surface area contributed by atoms with Gasteiger partial charge in [-0.2, -0.15) is 0 Å². The molecule has 2 aromatic rings. The summed E-state index contributed by atoms with van der Waals surface area (Å²) >= 11 is 0. The minimum atomic E-state index is -0.310. The van der Waals surface area contributed by atoms with Crippen molar-refractivity contribution in [3.63, 3.8) is 0 Å². The summed E-state index contributed by atoms with van der Waals surface area (Å²) in [5, 5.41) is 2.79. The van der Waals surface area contributed by atoms with Gasteiger partial charge in [0.05, 0.1) is 20.8 Å². The van der Waals surface area contributed by atoms with E-state index in [1.807, 2.05) is 12.1 Å². The smallest absolute Gasteiger partial charge is 0.220 e. The summed E-state index contributed by atoms with van der Waals surface area (Å²) in [4.78, 5) is 11.9. The molecule has 1 amide bonds. The van der Waals surface area contributed by atoms with Crippen molar-refractivity contribution in [2.75, 3.05) is 27.4 Å². The van der Waals surface area contributed by atoms with Crippen molar-refractivity contribution in [1.82, 2.24) is 5.32 Å².